The minimum Gasteiger partial charge on any atom is -0.491 e. The maximum atomic E-state index is 13.8. The summed E-state index contributed by atoms with van der Waals surface area (Å²) in [7, 11) is 0. The highest BCUT2D eigenvalue weighted by atomic mass is 32.1. The van der Waals surface area contributed by atoms with Gasteiger partial charge in [-0.2, -0.15) is 0 Å². The lowest BCUT2D eigenvalue weighted by molar-refractivity contribution is -0.135. The van der Waals surface area contributed by atoms with Crippen LogP contribution in [0, 0.1) is 17.6 Å². The van der Waals surface area contributed by atoms with E-state index in [-0.39, 0.29) is 48.3 Å². The molecule has 1 aliphatic heterocycles. The molecule has 3 aromatic rings. The van der Waals surface area contributed by atoms with E-state index in [2.05, 4.69) is 0 Å². The topological polar surface area (TPSA) is 49.9 Å². The van der Waals surface area contributed by atoms with Crippen molar-refractivity contribution in [3.8, 4) is 5.75 Å². The third-order valence-electron chi connectivity index (χ3n) is 6.55. The van der Waals surface area contributed by atoms with Gasteiger partial charge >= 0.3 is 0 Å². The monoisotopic (exact) mass is 512 g/mol. The number of hydrogen-bond acceptors (Lipinski definition) is 4. The van der Waals surface area contributed by atoms with Gasteiger partial charge < -0.3 is 14.5 Å². The fraction of sp³-hybridized carbons (Fsp3) is 0.357. The van der Waals surface area contributed by atoms with E-state index in [0.717, 1.165) is 18.4 Å². The van der Waals surface area contributed by atoms with Crippen molar-refractivity contribution in [2.24, 2.45) is 5.92 Å². The Balaban J connectivity index is 1.54. The molecule has 0 saturated heterocycles. The number of halogens is 2. The van der Waals surface area contributed by atoms with Crippen LogP contribution in [0.5, 0.6) is 5.75 Å². The van der Waals surface area contributed by atoms with Crippen LogP contribution >= 0.6 is 11.3 Å². The zero-order chi connectivity index (χ0) is 25.7. The highest BCUT2D eigenvalue weighted by Gasteiger charge is 2.34. The molecule has 0 N–H and O–H groups in total. The molecule has 0 aliphatic carbocycles. The van der Waals surface area contributed by atoms with Gasteiger partial charge in [-0.25, -0.2) is 8.78 Å². The van der Waals surface area contributed by atoms with Crippen LogP contribution in [0.25, 0.3) is 0 Å². The zero-order valence-corrected chi connectivity index (χ0v) is 21.3. The molecule has 5 nitrogen and oxygen atoms in total. The van der Waals surface area contributed by atoms with Crippen LogP contribution in [0.4, 0.5) is 8.78 Å². The summed E-state index contributed by atoms with van der Waals surface area (Å²) in [5.74, 6) is -0.692. The Bertz CT molecular complexity index is 1200. The first kappa shape index (κ1) is 25.8. The van der Waals surface area contributed by atoms with E-state index < -0.39 is 5.82 Å². The molecule has 2 aromatic carbocycles. The maximum absolute atomic E-state index is 13.8. The van der Waals surface area contributed by atoms with Gasteiger partial charge in [-0.1, -0.05) is 26.3 Å². The standard InChI is InChI=1S/C28H30F2N2O3S/c1-3-19(2)16-31(28(34)20-5-4-6-22(30)15-20)17-27(33)32-13-11-26-24(12-14-36-26)25(32)18-35-23-9-7-21(29)8-10-23/h4-10,12,14-15,19,25H,3,11,13,16-18H2,1-2H3/t19-,25-/m0/s1. The van der Waals surface area contributed by atoms with E-state index in [1.165, 1.54) is 40.1 Å². The van der Waals surface area contributed by atoms with E-state index in [1.807, 2.05) is 25.3 Å². The minimum atomic E-state index is -0.491. The fourth-order valence-electron chi connectivity index (χ4n) is 4.36. The van der Waals surface area contributed by atoms with Crippen molar-refractivity contribution in [1.29, 1.82) is 0 Å². The van der Waals surface area contributed by atoms with E-state index in [0.29, 0.717) is 18.8 Å². The average molecular weight is 513 g/mol. The number of amides is 2. The molecule has 2 heterocycles. The molecule has 0 unspecified atom stereocenters. The Morgan fingerprint density at radius 1 is 1.14 bits per heavy atom. The molecule has 0 radical (unpaired) electrons. The molecule has 2 atom stereocenters. The summed E-state index contributed by atoms with van der Waals surface area (Å²) in [5, 5.41) is 2.01. The summed E-state index contributed by atoms with van der Waals surface area (Å²) < 4.78 is 33.0. The second kappa shape index (κ2) is 11.6. The summed E-state index contributed by atoms with van der Waals surface area (Å²) in [4.78, 5) is 31.4. The second-order valence-electron chi connectivity index (χ2n) is 9.13. The van der Waals surface area contributed by atoms with Crippen LogP contribution < -0.4 is 4.74 Å². The molecule has 36 heavy (non-hydrogen) atoms. The molecule has 8 heteroatoms. The Morgan fingerprint density at radius 2 is 1.92 bits per heavy atom. The molecular formula is C28H30F2N2O3S. The van der Waals surface area contributed by atoms with Gasteiger partial charge in [-0.3, -0.25) is 9.59 Å². The highest BCUT2D eigenvalue weighted by Crippen LogP contribution is 2.34. The third-order valence-corrected chi connectivity index (χ3v) is 7.55. The maximum Gasteiger partial charge on any atom is 0.254 e. The van der Waals surface area contributed by atoms with E-state index in [1.54, 1.807) is 34.4 Å². The summed E-state index contributed by atoms with van der Waals surface area (Å²) in [5.41, 5.74) is 1.26. The van der Waals surface area contributed by atoms with Crippen LogP contribution in [-0.4, -0.2) is 47.9 Å². The van der Waals surface area contributed by atoms with Crippen LogP contribution in [0.1, 0.15) is 47.1 Å². The van der Waals surface area contributed by atoms with Crippen LogP contribution in [0.15, 0.2) is 60.0 Å². The fourth-order valence-corrected chi connectivity index (χ4v) is 5.29. The second-order valence-corrected chi connectivity index (χ2v) is 10.1. The normalized spacial score (nSPS) is 15.8. The number of nitrogens with zero attached hydrogens (tertiary/aromatic N) is 2. The predicted molar refractivity (Wildman–Crippen MR) is 136 cm³/mol. The number of fused-ring (bicyclic) bond motifs is 1. The number of ether oxygens (including phenoxy) is 1. The molecule has 1 aromatic heterocycles. The number of carbonyl (C=O) groups excluding carboxylic acids is 2. The van der Waals surface area contributed by atoms with Crippen LogP contribution in [-0.2, 0) is 11.2 Å². The minimum absolute atomic E-state index is 0.105. The van der Waals surface area contributed by atoms with Gasteiger partial charge in [0.15, 0.2) is 0 Å². The molecule has 4 rings (SSSR count). The van der Waals surface area contributed by atoms with Crippen LogP contribution in [0.2, 0.25) is 0 Å². The Kier molecular flexibility index (Phi) is 8.36. The lowest BCUT2D eigenvalue weighted by Gasteiger charge is -2.37. The summed E-state index contributed by atoms with van der Waals surface area (Å²) in [6.45, 7) is 5.06. The van der Waals surface area contributed by atoms with Gasteiger partial charge in [0, 0.05) is 23.5 Å². The smallest absolute Gasteiger partial charge is 0.254 e. The average Bonchev–Trinajstić information content (AvgIpc) is 3.36. The van der Waals surface area contributed by atoms with Crippen molar-refractivity contribution < 1.29 is 23.1 Å². The molecule has 2 amide bonds. The number of hydrogen-bond donors (Lipinski definition) is 0. The first-order valence-corrected chi connectivity index (χ1v) is 13.0. The van der Waals surface area contributed by atoms with E-state index in [4.69, 9.17) is 4.74 Å². The van der Waals surface area contributed by atoms with Crippen molar-refractivity contribution in [3.05, 3.63) is 87.6 Å². The summed E-state index contributed by atoms with van der Waals surface area (Å²) in [6, 6.07) is 13.0. The molecule has 1 aliphatic rings. The van der Waals surface area contributed by atoms with Crippen LogP contribution in [0.3, 0.4) is 0 Å². The Labute approximate surface area is 214 Å². The van der Waals surface area contributed by atoms with Crippen molar-refractivity contribution in [2.75, 3.05) is 26.2 Å². The SMILES string of the molecule is CC[C@H](C)CN(CC(=O)N1CCc2sccc2[C@@H]1COc1ccc(F)cc1)C(=O)c1cccc(F)c1. The highest BCUT2D eigenvalue weighted by molar-refractivity contribution is 7.10. The molecule has 0 bridgehead atoms. The van der Waals surface area contributed by atoms with Crippen molar-refractivity contribution in [3.63, 3.8) is 0 Å². The Hall–Kier alpha value is -3.26. The first-order valence-electron chi connectivity index (χ1n) is 12.1. The predicted octanol–water partition coefficient (Wildman–Crippen LogP) is 5.72. The van der Waals surface area contributed by atoms with E-state index >= 15 is 0 Å². The van der Waals surface area contributed by atoms with Crippen molar-refractivity contribution >= 4 is 23.2 Å². The van der Waals surface area contributed by atoms with Gasteiger partial charge in [0.05, 0.1) is 6.04 Å². The summed E-state index contributed by atoms with van der Waals surface area (Å²) in [6.07, 6.45) is 1.58. The Morgan fingerprint density at radius 3 is 2.64 bits per heavy atom. The number of benzene rings is 2. The van der Waals surface area contributed by atoms with Gasteiger partial charge in [-0.05, 0) is 71.8 Å². The van der Waals surface area contributed by atoms with Gasteiger partial charge in [0.25, 0.3) is 5.91 Å². The lowest BCUT2D eigenvalue weighted by Crippen LogP contribution is -2.48. The van der Waals surface area contributed by atoms with Crippen molar-refractivity contribution in [2.45, 2.75) is 32.7 Å². The van der Waals surface area contributed by atoms with E-state index in [9.17, 15) is 18.4 Å². The summed E-state index contributed by atoms with van der Waals surface area (Å²) >= 11 is 1.65. The number of carbonyl (C=O) groups is 2. The molecule has 0 fully saturated rings. The molecule has 0 spiro atoms. The lowest BCUT2D eigenvalue weighted by atomic mass is 10.00. The van der Waals surface area contributed by atoms with Gasteiger partial charge in [-0.15, -0.1) is 11.3 Å². The molecule has 190 valence electrons. The van der Waals surface area contributed by atoms with Gasteiger partial charge in [0.2, 0.25) is 5.91 Å². The number of rotatable bonds is 9. The van der Waals surface area contributed by atoms with Gasteiger partial charge in [0.1, 0.15) is 30.5 Å². The molecule has 0 saturated carbocycles. The zero-order valence-electron chi connectivity index (χ0n) is 20.5. The third kappa shape index (κ3) is 6.10. The van der Waals surface area contributed by atoms with Crippen molar-refractivity contribution in [1.82, 2.24) is 9.80 Å². The first-order chi connectivity index (χ1) is 17.4. The largest absolute Gasteiger partial charge is 0.491 e. The molecular weight excluding hydrogens is 482 g/mol. The number of thiophene rings is 1. The quantitative estimate of drug-likeness (QED) is 0.369.